The molecule has 7 nitrogen and oxygen atoms in total. The third-order valence-electron chi connectivity index (χ3n) is 4.80. The van der Waals surface area contributed by atoms with E-state index in [4.69, 9.17) is 4.74 Å². The number of aromatic nitrogens is 3. The lowest BCUT2D eigenvalue weighted by atomic mass is 10.2. The molecule has 1 N–H and O–H groups in total. The van der Waals surface area contributed by atoms with E-state index >= 15 is 0 Å². The van der Waals surface area contributed by atoms with Crippen molar-refractivity contribution in [3.8, 4) is 0 Å². The van der Waals surface area contributed by atoms with Gasteiger partial charge in [-0.25, -0.2) is 4.98 Å². The van der Waals surface area contributed by atoms with Crippen LogP contribution in [0.3, 0.4) is 0 Å². The van der Waals surface area contributed by atoms with Crippen molar-refractivity contribution in [2.45, 2.75) is 13.0 Å². The number of carbonyl (C=O) groups excluding carboxylic acids is 1. The predicted octanol–water partition coefficient (Wildman–Crippen LogP) is 2.46. The van der Waals surface area contributed by atoms with E-state index in [0.717, 1.165) is 5.56 Å². The van der Waals surface area contributed by atoms with Crippen LogP contribution in [0, 0.1) is 0 Å². The highest BCUT2D eigenvalue weighted by Crippen LogP contribution is 2.18. The van der Waals surface area contributed by atoms with Crippen molar-refractivity contribution < 1.29 is 9.53 Å². The second kappa shape index (κ2) is 8.28. The van der Waals surface area contributed by atoms with Gasteiger partial charge >= 0.3 is 0 Å². The largest absolute Gasteiger partial charge is 0.385 e. The summed E-state index contributed by atoms with van der Waals surface area (Å²) < 4.78 is 8.34. The molecule has 0 saturated heterocycles. The number of nitrogens with one attached hydrogen (secondary N) is 1. The van der Waals surface area contributed by atoms with Crippen molar-refractivity contribution in [1.82, 2.24) is 19.3 Å². The monoisotopic (exact) mass is 390 g/mol. The molecule has 29 heavy (non-hydrogen) atoms. The third kappa shape index (κ3) is 3.77. The minimum Gasteiger partial charge on any atom is -0.385 e. The maximum atomic E-state index is 13.0. The van der Waals surface area contributed by atoms with Gasteiger partial charge in [0.05, 0.1) is 5.39 Å². The van der Waals surface area contributed by atoms with Gasteiger partial charge in [0.1, 0.15) is 17.0 Å². The Kier molecular flexibility index (Phi) is 5.39. The molecular formula is C22H22N4O3. The first-order valence-corrected chi connectivity index (χ1v) is 9.51. The quantitative estimate of drug-likeness (QED) is 0.492. The molecule has 0 fully saturated rings. The maximum Gasteiger partial charge on any atom is 0.268 e. The molecule has 0 aliphatic heterocycles. The summed E-state index contributed by atoms with van der Waals surface area (Å²) in [6, 6.07) is 16.9. The van der Waals surface area contributed by atoms with Gasteiger partial charge < -0.3 is 14.6 Å². The second-order valence-corrected chi connectivity index (χ2v) is 6.79. The van der Waals surface area contributed by atoms with Crippen LogP contribution in [0.4, 0.5) is 0 Å². The Morgan fingerprint density at radius 2 is 1.93 bits per heavy atom. The van der Waals surface area contributed by atoms with Crippen molar-refractivity contribution in [2.24, 2.45) is 0 Å². The fourth-order valence-electron chi connectivity index (χ4n) is 3.37. The highest BCUT2D eigenvalue weighted by atomic mass is 16.5. The first-order chi connectivity index (χ1) is 14.2. The molecule has 3 heterocycles. The number of methoxy groups -OCH3 is 1. The number of hydrogen-bond acceptors (Lipinski definition) is 4. The van der Waals surface area contributed by atoms with Gasteiger partial charge in [0.15, 0.2) is 0 Å². The van der Waals surface area contributed by atoms with E-state index in [1.807, 2.05) is 41.0 Å². The van der Waals surface area contributed by atoms with Crippen LogP contribution in [0.1, 0.15) is 22.5 Å². The molecule has 4 rings (SSSR count). The lowest BCUT2D eigenvalue weighted by Crippen LogP contribution is -2.27. The Balaban J connectivity index is 1.83. The van der Waals surface area contributed by atoms with Crippen LogP contribution in [0.5, 0.6) is 0 Å². The fourth-order valence-corrected chi connectivity index (χ4v) is 3.37. The Hall–Kier alpha value is -3.45. The number of pyridine rings is 1. The molecule has 0 unspecified atom stereocenters. The smallest absolute Gasteiger partial charge is 0.268 e. The highest BCUT2D eigenvalue weighted by molar-refractivity contribution is 5.98. The predicted molar refractivity (Wildman–Crippen MR) is 111 cm³/mol. The van der Waals surface area contributed by atoms with Crippen molar-refractivity contribution >= 4 is 22.6 Å². The fraction of sp³-hybridized carbons (Fsp3) is 0.227. The summed E-state index contributed by atoms with van der Waals surface area (Å²) in [7, 11) is 1.63. The Bertz CT molecular complexity index is 1210. The van der Waals surface area contributed by atoms with E-state index < -0.39 is 0 Å². The van der Waals surface area contributed by atoms with Gasteiger partial charge in [-0.05, 0) is 30.2 Å². The number of nitrogens with zero attached hydrogens (tertiary/aromatic N) is 3. The van der Waals surface area contributed by atoms with E-state index in [2.05, 4.69) is 10.3 Å². The molecule has 0 saturated carbocycles. The SMILES string of the molecule is COCCCNC(=O)c1cc2c(=O)n3ccccc3nc2n1Cc1ccccc1. The summed E-state index contributed by atoms with van der Waals surface area (Å²) in [6.45, 7) is 1.51. The number of rotatable bonds is 7. The molecule has 4 aromatic rings. The van der Waals surface area contributed by atoms with E-state index in [9.17, 15) is 9.59 Å². The van der Waals surface area contributed by atoms with Gasteiger partial charge in [0.25, 0.3) is 11.5 Å². The summed E-state index contributed by atoms with van der Waals surface area (Å²) in [5.41, 5.74) is 2.30. The first-order valence-electron chi connectivity index (χ1n) is 9.51. The summed E-state index contributed by atoms with van der Waals surface area (Å²) in [5.74, 6) is -0.233. The van der Waals surface area contributed by atoms with Crippen molar-refractivity contribution in [1.29, 1.82) is 0 Å². The average molecular weight is 390 g/mol. The minimum atomic E-state index is -0.233. The average Bonchev–Trinajstić information content (AvgIpc) is 3.11. The molecule has 3 aromatic heterocycles. The number of ether oxygens (including phenoxy) is 1. The highest BCUT2D eigenvalue weighted by Gasteiger charge is 2.19. The van der Waals surface area contributed by atoms with Crippen LogP contribution < -0.4 is 10.9 Å². The van der Waals surface area contributed by atoms with Gasteiger partial charge in [0.2, 0.25) is 0 Å². The van der Waals surface area contributed by atoms with Gasteiger partial charge in [0, 0.05) is 33.0 Å². The second-order valence-electron chi connectivity index (χ2n) is 6.79. The van der Waals surface area contributed by atoms with E-state index in [1.54, 1.807) is 31.5 Å². The topological polar surface area (TPSA) is 77.6 Å². The molecule has 1 aromatic carbocycles. The van der Waals surface area contributed by atoms with Crippen molar-refractivity contribution in [3.63, 3.8) is 0 Å². The van der Waals surface area contributed by atoms with E-state index in [0.29, 0.717) is 48.5 Å². The van der Waals surface area contributed by atoms with Crippen LogP contribution in [-0.2, 0) is 11.3 Å². The molecule has 0 aliphatic carbocycles. The standard InChI is InChI=1S/C22H22N4O3/c1-29-13-7-11-23-21(27)18-14-17-20(26(18)15-16-8-3-2-4-9-16)24-19-10-5-6-12-25(19)22(17)28/h2-6,8-10,12,14H,7,11,13,15H2,1H3,(H,23,27). The van der Waals surface area contributed by atoms with Crippen LogP contribution in [-0.4, -0.2) is 40.1 Å². The van der Waals surface area contributed by atoms with Crippen LogP contribution in [0.2, 0.25) is 0 Å². The molecule has 1 amide bonds. The van der Waals surface area contributed by atoms with Gasteiger partial charge in [-0.3, -0.25) is 14.0 Å². The number of amides is 1. The molecule has 0 aliphatic rings. The molecule has 0 radical (unpaired) electrons. The van der Waals surface area contributed by atoms with E-state index in [-0.39, 0.29) is 11.5 Å². The molecule has 148 valence electrons. The Labute approximate surface area is 167 Å². The van der Waals surface area contributed by atoms with E-state index in [1.165, 1.54) is 4.40 Å². The van der Waals surface area contributed by atoms with Crippen LogP contribution in [0.15, 0.2) is 65.6 Å². The Morgan fingerprint density at radius 1 is 1.14 bits per heavy atom. The third-order valence-corrected chi connectivity index (χ3v) is 4.80. The Morgan fingerprint density at radius 3 is 2.72 bits per heavy atom. The summed E-state index contributed by atoms with van der Waals surface area (Å²) in [6.07, 6.45) is 2.40. The zero-order chi connectivity index (χ0) is 20.2. The maximum absolute atomic E-state index is 13.0. The van der Waals surface area contributed by atoms with Gasteiger partial charge in [-0.2, -0.15) is 0 Å². The first kappa shape index (κ1) is 18.9. The minimum absolute atomic E-state index is 0.189. The van der Waals surface area contributed by atoms with Crippen molar-refractivity contribution in [2.75, 3.05) is 20.3 Å². The van der Waals surface area contributed by atoms with Crippen molar-refractivity contribution in [3.05, 3.63) is 82.4 Å². The number of carbonyl (C=O) groups is 1. The summed E-state index contributed by atoms with van der Waals surface area (Å²) in [4.78, 5) is 30.5. The van der Waals surface area contributed by atoms with Gasteiger partial charge in [-0.15, -0.1) is 0 Å². The normalized spacial score (nSPS) is 11.2. The van der Waals surface area contributed by atoms with Gasteiger partial charge in [-0.1, -0.05) is 36.4 Å². The molecule has 0 spiro atoms. The lowest BCUT2D eigenvalue weighted by molar-refractivity contribution is 0.0940. The molecule has 0 bridgehead atoms. The lowest BCUT2D eigenvalue weighted by Gasteiger charge is -2.11. The summed E-state index contributed by atoms with van der Waals surface area (Å²) in [5, 5.41) is 3.33. The molecule has 7 heteroatoms. The zero-order valence-corrected chi connectivity index (χ0v) is 16.2. The summed E-state index contributed by atoms with van der Waals surface area (Å²) >= 11 is 0. The molecule has 0 atom stereocenters. The zero-order valence-electron chi connectivity index (χ0n) is 16.2. The number of hydrogen-bond donors (Lipinski definition) is 1. The number of benzene rings is 1. The van der Waals surface area contributed by atoms with Crippen LogP contribution >= 0.6 is 0 Å². The van der Waals surface area contributed by atoms with Crippen LogP contribution in [0.25, 0.3) is 16.7 Å². The number of fused-ring (bicyclic) bond motifs is 2. The molecular weight excluding hydrogens is 368 g/mol.